The standard InChI is InChI=1S/C23H25FN4O/c1-17(2)28(16-19-6-4-3-5-7-19)22-13-12-21(26-27-22)23(29)25-15-14-18-8-10-20(24)11-9-18/h3-13,17H,14-16H2,1-2H3,(H,25,29). The minimum absolute atomic E-state index is 0.236. The lowest BCUT2D eigenvalue weighted by atomic mass is 10.1. The normalized spacial score (nSPS) is 10.8. The maximum absolute atomic E-state index is 12.9. The van der Waals surface area contributed by atoms with Gasteiger partial charge >= 0.3 is 0 Å². The summed E-state index contributed by atoms with van der Waals surface area (Å²) in [6.45, 7) is 5.36. The van der Waals surface area contributed by atoms with E-state index in [4.69, 9.17) is 0 Å². The first-order chi connectivity index (χ1) is 14.0. The van der Waals surface area contributed by atoms with Crippen molar-refractivity contribution in [2.45, 2.75) is 32.9 Å². The molecular formula is C23H25FN4O. The van der Waals surface area contributed by atoms with Crippen LogP contribution >= 0.6 is 0 Å². The van der Waals surface area contributed by atoms with Crippen molar-refractivity contribution >= 4 is 11.7 Å². The van der Waals surface area contributed by atoms with Crippen LogP contribution in [-0.2, 0) is 13.0 Å². The molecule has 5 nitrogen and oxygen atoms in total. The van der Waals surface area contributed by atoms with Crippen molar-refractivity contribution in [2.75, 3.05) is 11.4 Å². The van der Waals surface area contributed by atoms with Gasteiger partial charge in [-0.2, -0.15) is 0 Å². The number of carbonyl (C=O) groups excluding carboxylic acids is 1. The molecule has 0 radical (unpaired) electrons. The van der Waals surface area contributed by atoms with E-state index in [1.165, 1.54) is 17.7 Å². The largest absolute Gasteiger partial charge is 0.350 e. The zero-order valence-electron chi connectivity index (χ0n) is 16.7. The van der Waals surface area contributed by atoms with E-state index in [1.807, 2.05) is 24.3 Å². The number of nitrogens with zero attached hydrogens (tertiary/aromatic N) is 3. The van der Waals surface area contributed by atoms with Gasteiger partial charge in [0.2, 0.25) is 0 Å². The summed E-state index contributed by atoms with van der Waals surface area (Å²) < 4.78 is 12.9. The monoisotopic (exact) mass is 392 g/mol. The fourth-order valence-corrected chi connectivity index (χ4v) is 2.97. The Balaban J connectivity index is 1.58. The van der Waals surface area contributed by atoms with E-state index in [2.05, 4.69) is 46.4 Å². The van der Waals surface area contributed by atoms with Gasteiger partial charge in [0.1, 0.15) is 5.82 Å². The lowest BCUT2D eigenvalue weighted by Crippen LogP contribution is -2.32. The zero-order chi connectivity index (χ0) is 20.6. The second-order valence-corrected chi connectivity index (χ2v) is 7.12. The predicted octanol–water partition coefficient (Wildman–Crippen LogP) is 4.00. The third-order valence-corrected chi connectivity index (χ3v) is 4.61. The molecule has 0 fully saturated rings. The van der Waals surface area contributed by atoms with E-state index in [0.29, 0.717) is 13.0 Å². The van der Waals surface area contributed by atoms with Crippen molar-refractivity contribution in [2.24, 2.45) is 0 Å². The minimum Gasteiger partial charge on any atom is -0.350 e. The molecule has 150 valence electrons. The van der Waals surface area contributed by atoms with Crippen molar-refractivity contribution < 1.29 is 9.18 Å². The zero-order valence-corrected chi connectivity index (χ0v) is 16.7. The molecule has 0 aliphatic rings. The molecule has 0 atom stereocenters. The molecule has 3 rings (SSSR count). The summed E-state index contributed by atoms with van der Waals surface area (Å²) in [6, 6.07) is 20.2. The molecule has 1 amide bonds. The van der Waals surface area contributed by atoms with Crippen molar-refractivity contribution in [3.8, 4) is 0 Å². The maximum atomic E-state index is 12.9. The van der Waals surface area contributed by atoms with Crippen molar-refractivity contribution in [3.63, 3.8) is 0 Å². The van der Waals surface area contributed by atoms with Crippen molar-refractivity contribution in [1.82, 2.24) is 15.5 Å². The Morgan fingerprint density at radius 2 is 1.69 bits per heavy atom. The maximum Gasteiger partial charge on any atom is 0.271 e. The quantitative estimate of drug-likeness (QED) is 0.629. The van der Waals surface area contributed by atoms with Gasteiger partial charge in [-0.3, -0.25) is 4.79 Å². The molecule has 0 bridgehead atoms. The van der Waals surface area contributed by atoms with E-state index in [0.717, 1.165) is 17.9 Å². The molecule has 0 unspecified atom stereocenters. The molecule has 0 spiro atoms. The second kappa shape index (κ2) is 9.78. The Kier molecular flexibility index (Phi) is 6.89. The van der Waals surface area contributed by atoms with E-state index in [-0.39, 0.29) is 23.5 Å². The second-order valence-electron chi connectivity index (χ2n) is 7.12. The van der Waals surface area contributed by atoms with Crippen LogP contribution in [0.3, 0.4) is 0 Å². The number of amides is 1. The summed E-state index contributed by atoms with van der Waals surface area (Å²) in [6.07, 6.45) is 0.621. The molecule has 2 aromatic carbocycles. The van der Waals surface area contributed by atoms with Crippen LogP contribution in [0.1, 0.15) is 35.5 Å². The van der Waals surface area contributed by atoms with Crippen LogP contribution in [0, 0.1) is 5.82 Å². The molecule has 3 aromatic rings. The highest BCUT2D eigenvalue weighted by molar-refractivity contribution is 5.92. The summed E-state index contributed by atoms with van der Waals surface area (Å²) in [4.78, 5) is 14.4. The minimum atomic E-state index is -0.273. The third kappa shape index (κ3) is 5.85. The molecule has 0 saturated heterocycles. The number of carbonyl (C=O) groups is 1. The third-order valence-electron chi connectivity index (χ3n) is 4.61. The Hall–Kier alpha value is -3.28. The Morgan fingerprint density at radius 1 is 0.966 bits per heavy atom. The molecule has 0 aliphatic heterocycles. The van der Waals surface area contributed by atoms with Crippen LogP contribution in [0.5, 0.6) is 0 Å². The highest BCUT2D eigenvalue weighted by Crippen LogP contribution is 2.17. The molecule has 0 saturated carbocycles. The molecule has 6 heteroatoms. The van der Waals surface area contributed by atoms with E-state index in [1.54, 1.807) is 18.2 Å². The number of halogens is 1. The van der Waals surface area contributed by atoms with Crippen molar-refractivity contribution in [1.29, 1.82) is 0 Å². The number of aromatic nitrogens is 2. The van der Waals surface area contributed by atoms with Crippen LogP contribution < -0.4 is 10.2 Å². The van der Waals surface area contributed by atoms with Gasteiger partial charge < -0.3 is 10.2 Å². The first-order valence-corrected chi connectivity index (χ1v) is 9.70. The lowest BCUT2D eigenvalue weighted by Gasteiger charge is -2.27. The number of rotatable bonds is 8. The molecule has 29 heavy (non-hydrogen) atoms. The summed E-state index contributed by atoms with van der Waals surface area (Å²) in [5.74, 6) is 0.188. The van der Waals surface area contributed by atoms with E-state index >= 15 is 0 Å². The fraction of sp³-hybridized carbons (Fsp3) is 0.261. The van der Waals surface area contributed by atoms with Gasteiger partial charge in [0, 0.05) is 19.1 Å². The number of anilines is 1. The Bertz CT molecular complexity index is 912. The fourth-order valence-electron chi connectivity index (χ4n) is 2.97. The number of nitrogens with one attached hydrogen (secondary N) is 1. The van der Waals surface area contributed by atoms with Crippen LogP contribution in [0.2, 0.25) is 0 Å². The van der Waals surface area contributed by atoms with E-state index in [9.17, 15) is 9.18 Å². The Morgan fingerprint density at radius 3 is 2.31 bits per heavy atom. The first kappa shape index (κ1) is 20.5. The van der Waals surface area contributed by atoms with Gasteiger partial charge in [-0.05, 0) is 55.7 Å². The van der Waals surface area contributed by atoms with Crippen molar-refractivity contribution in [3.05, 3.63) is 89.4 Å². The summed E-state index contributed by atoms with van der Waals surface area (Å²) >= 11 is 0. The SMILES string of the molecule is CC(C)N(Cc1ccccc1)c1ccc(C(=O)NCCc2ccc(F)cc2)nn1. The molecular weight excluding hydrogens is 367 g/mol. The number of benzene rings is 2. The molecule has 1 aromatic heterocycles. The summed E-state index contributed by atoms with van der Waals surface area (Å²) in [5, 5.41) is 11.2. The first-order valence-electron chi connectivity index (χ1n) is 9.70. The van der Waals surface area contributed by atoms with Crippen LogP contribution in [0.15, 0.2) is 66.7 Å². The Labute approximate surface area is 170 Å². The highest BCUT2D eigenvalue weighted by Gasteiger charge is 2.15. The lowest BCUT2D eigenvalue weighted by molar-refractivity contribution is 0.0948. The van der Waals surface area contributed by atoms with Gasteiger partial charge in [0.15, 0.2) is 11.5 Å². The smallest absolute Gasteiger partial charge is 0.271 e. The van der Waals surface area contributed by atoms with Gasteiger partial charge in [0.25, 0.3) is 5.91 Å². The molecule has 1 heterocycles. The predicted molar refractivity (Wildman–Crippen MR) is 112 cm³/mol. The topological polar surface area (TPSA) is 58.1 Å². The highest BCUT2D eigenvalue weighted by atomic mass is 19.1. The molecule has 0 aliphatic carbocycles. The van der Waals surface area contributed by atoms with Gasteiger partial charge in [-0.1, -0.05) is 42.5 Å². The van der Waals surface area contributed by atoms with E-state index < -0.39 is 0 Å². The average Bonchev–Trinajstić information content (AvgIpc) is 2.74. The average molecular weight is 392 g/mol. The summed E-state index contributed by atoms with van der Waals surface area (Å²) in [5.41, 5.74) is 2.42. The summed E-state index contributed by atoms with van der Waals surface area (Å²) in [7, 11) is 0. The van der Waals surface area contributed by atoms with Crippen LogP contribution in [-0.4, -0.2) is 28.7 Å². The van der Waals surface area contributed by atoms with Crippen LogP contribution in [0.4, 0.5) is 10.2 Å². The van der Waals surface area contributed by atoms with Crippen LogP contribution in [0.25, 0.3) is 0 Å². The molecule has 1 N–H and O–H groups in total. The van der Waals surface area contributed by atoms with Gasteiger partial charge in [-0.25, -0.2) is 4.39 Å². The number of hydrogen-bond donors (Lipinski definition) is 1. The number of hydrogen-bond acceptors (Lipinski definition) is 4. The van der Waals surface area contributed by atoms with Gasteiger partial charge in [-0.15, -0.1) is 10.2 Å². The van der Waals surface area contributed by atoms with Gasteiger partial charge in [0.05, 0.1) is 0 Å².